The molecule has 2 aliphatic rings. The zero-order valence-electron chi connectivity index (χ0n) is 15.4. The Morgan fingerprint density at radius 3 is 2.81 bits per heavy atom. The fourth-order valence-corrected chi connectivity index (χ4v) is 4.18. The Morgan fingerprint density at radius 2 is 2.12 bits per heavy atom. The van der Waals surface area contributed by atoms with Crippen LogP contribution in [-0.2, 0) is 7.05 Å². The van der Waals surface area contributed by atoms with E-state index in [4.69, 9.17) is 0 Å². The molecule has 7 heteroatoms. The van der Waals surface area contributed by atoms with Crippen molar-refractivity contribution in [2.45, 2.75) is 44.7 Å². The van der Waals surface area contributed by atoms with E-state index >= 15 is 0 Å². The number of likely N-dealkylation sites (tertiary alicyclic amines) is 1. The summed E-state index contributed by atoms with van der Waals surface area (Å²) in [4.78, 5) is 15.2. The topological polar surface area (TPSA) is 75.9 Å². The van der Waals surface area contributed by atoms with Crippen LogP contribution in [0.2, 0.25) is 0 Å². The minimum absolute atomic E-state index is 0.0651. The molecule has 2 atom stereocenters. The molecule has 1 aliphatic heterocycles. The maximum Gasteiger partial charge on any atom is 0.253 e. The van der Waals surface area contributed by atoms with E-state index in [-0.39, 0.29) is 5.91 Å². The van der Waals surface area contributed by atoms with E-state index in [0.717, 1.165) is 13.0 Å². The molecule has 0 spiro atoms. The van der Waals surface area contributed by atoms with Gasteiger partial charge in [0.05, 0.1) is 29.2 Å². The van der Waals surface area contributed by atoms with Gasteiger partial charge in [0.1, 0.15) is 0 Å². The molecule has 7 nitrogen and oxygen atoms in total. The van der Waals surface area contributed by atoms with E-state index in [9.17, 15) is 4.79 Å². The zero-order valence-corrected chi connectivity index (χ0v) is 15.4. The van der Waals surface area contributed by atoms with Gasteiger partial charge in [-0.3, -0.25) is 14.4 Å². The first-order chi connectivity index (χ1) is 12.6. The highest BCUT2D eigenvalue weighted by molar-refractivity contribution is 5.95. The number of nitrogens with one attached hydrogen (secondary N) is 1. The minimum Gasteiger partial charge on any atom is -0.352 e. The molecule has 2 aromatic heterocycles. The van der Waals surface area contributed by atoms with E-state index in [1.807, 2.05) is 24.9 Å². The average Bonchev–Trinajstić information content (AvgIpc) is 3.41. The molecule has 0 unspecified atom stereocenters. The van der Waals surface area contributed by atoms with Crippen LogP contribution < -0.4 is 5.32 Å². The fraction of sp³-hybridized carbons (Fsp3) is 0.579. The van der Waals surface area contributed by atoms with Crippen LogP contribution in [0.25, 0.3) is 0 Å². The van der Waals surface area contributed by atoms with Gasteiger partial charge in [0, 0.05) is 25.8 Å². The largest absolute Gasteiger partial charge is 0.352 e. The lowest BCUT2D eigenvalue weighted by molar-refractivity contribution is 0.0727. The highest BCUT2D eigenvalue weighted by Gasteiger charge is 2.41. The predicted octanol–water partition coefficient (Wildman–Crippen LogP) is 1.86. The molecular formula is C19H26N6O. The van der Waals surface area contributed by atoms with Gasteiger partial charge in [-0.2, -0.15) is 15.3 Å². The normalized spacial score (nSPS) is 23.8. The van der Waals surface area contributed by atoms with E-state index in [1.54, 1.807) is 12.3 Å². The number of hydrogen-bond acceptors (Lipinski definition) is 5. The number of hydrogen-bond donors (Lipinski definition) is 1. The Balaban J connectivity index is 1.51. The van der Waals surface area contributed by atoms with Crippen molar-refractivity contribution in [2.75, 3.05) is 13.1 Å². The molecule has 1 amide bonds. The number of aromatic nitrogens is 4. The van der Waals surface area contributed by atoms with Gasteiger partial charge >= 0.3 is 0 Å². The number of nitrogens with zero attached hydrogens (tertiary/aromatic N) is 5. The standard InChI is InChI=1S/C19H26N6O/c1-13-16(7-9-21-23-13)19(26)20-12-14-4-3-11-25(15-5-6-15)18(14)17-8-10-22-24(17)2/h7-10,14-15,18H,3-6,11-12H2,1-2H3,(H,20,26)/t14-,18+/m0/s1. The Morgan fingerprint density at radius 1 is 1.27 bits per heavy atom. The van der Waals surface area contributed by atoms with E-state index in [1.165, 1.54) is 25.0 Å². The van der Waals surface area contributed by atoms with Crippen LogP contribution in [0.5, 0.6) is 0 Å². The third-order valence-corrected chi connectivity index (χ3v) is 5.65. The van der Waals surface area contributed by atoms with E-state index < -0.39 is 0 Å². The summed E-state index contributed by atoms with van der Waals surface area (Å²) in [7, 11) is 2.01. The lowest BCUT2D eigenvalue weighted by atomic mass is 9.86. The molecule has 26 heavy (non-hydrogen) atoms. The van der Waals surface area contributed by atoms with Crippen LogP contribution in [0.4, 0.5) is 0 Å². The molecular weight excluding hydrogens is 328 g/mol. The summed E-state index contributed by atoms with van der Waals surface area (Å²) in [6, 6.07) is 4.87. The van der Waals surface area contributed by atoms with E-state index in [0.29, 0.717) is 35.8 Å². The molecule has 1 saturated carbocycles. The smallest absolute Gasteiger partial charge is 0.253 e. The molecule has 1 N–H and O–H groups in total. The number of rotatable bonds is 5. The van der Waals surface area contributed by atoms with Gasteiger partial charge in [-0.25, -0.2) is 0 Å². The molecule has 2 fully saturated rings. The van der Waals surface area contributed by atoms with Crippen LogP contribution in [-0.4, -0.2) is 49.9 Å². The molecule has 0 bridgehead atoms. The fourth-order valence-electron chi connectivity index (χ4n) is 4.18. The van der Waals surface area contributed by atoms with Crippen molar-refractivity contribution in [3.8, 4) is 0 Å². The van der Waals surface area contributed by atoms with Gasteiger partial charge in [0.25, 0.3) is 5.91 Å². The van der Waals surface area contributed by atoms with Crippen molar-refractivity contribution >= 4 is 5.91 Å². The Bertz CT molecular complexity index is 784. The predicted molar refractivity (Wildman–Crippen MR) is 97.5 cm³/mol. The highest BCUT2D eigenvalue weighted by Crippen LogP contribution is 2.42. The van der Waals surface area contributed by atoms with Crippen molar-refractivity contribution in [3.05, 3.63) is 41.5 Å². The highest BCUT2D eigenvalue weighted by atomic mass is 16.1. The monoisotopic (exact) mass is 354 g/mol. The Labute approximate surface area is 153 Å². The van der Waals surface area contributed by atoms with Crippen molar-refractivity contribution in [1.82, 2.24) is 30.2 Å². The summed E-state index contributed by atoms with van der Waals surface area (Å²) in [6.07, 6.45) is 8.31. The summed E-state index contributed by atoms with van der Waals surface area (Å²) < 4.78 is 1.98. The van der Waals surface area contributed by atoms with Crippen molar-refractivity contribution in [2.24, 2.45) is 13.0 Å². The maximum atomic E-state index is 12.6. The first kappa shape index (κ1) is 17.1. The number of piperidine rings is 1. The molecule has 0 aromatic carbocycles. The third-order valence-electron chi connectivity index (χ3n) is 5.65. The summed E-state index contributed by atoms with van der Waals surface area (Å²) in [5.41, 5.74) is 2.51. The van der Waals surface area contributed by atoms with Gasteiger partial charge < -0.3 is 5.32 Å². The van der Waals surface area contributed by atoms with Crippen molar-refractivity contribution in [3.63, 3.8) is 0 Å². The summed E-state index contributed by atoms with van der Waals surface area (Å²) in [6.45, 7) is 3.62. The zero-order chi connectivity index (χ0) is 18.1. The quantitative estimate of drug-likeness (QED) is 0.887. The molecule has 138 valence electrons. The summed E-state index contributed by atoms with van der Waals surface area (Å²) in [5.74, 6) is 0.323. The van der Waals surface area contributed by atoms with Gasteiger partial charge in [-0.05, 0) is 57.2 Å². The minimum atomic E-state index is -0.0651. The average molecular weight is 354 g/mol. The second-order valence-electron chi connectivity index (χ2n) is 7.44. The number of aryl methyl sites for hydroxylation is 2. The first-order valence-corrected chi connectivity index (χ1v) is 9.45. The third kappa shape index (κ3) is 3.35. The van der Waals surface area contributed by atoms with E-state index in [2.05, 4.69) is 31.6 Å². The van der Waals surface area contributed by atoms with Gasteiger partial charge in [-0.1, -0.05) is 0 Å². The molecule has 1 saturated heterocycles. The number of carbonyl (C=O) groups is 1. The maximum absolute atomic E-state index is 12.6. The van der Waals surface area contributed by atoms with Crippen molar-refractivity contribution in [1.29, 1.82) is 0 Å². The van der Waals surface area contributed by atoms with Crippen LogP contribution in [0, 0.1) is 12.8 Å². The molecule has 3 heterocycles. The second kappa shape index (κ2) is 7.15. The molecule has 1 aliphatic carbocycles. The molecule has 2 aromatic rings. The number of amides is 1. The van der Waals surface area contributed by atoms with Gasteiger partial charge in [-0.15, -0.1) is 0 Å². The second-order valence-corrected chi connectivity index (χ2v) is 7.44. The molecule has 4 rings (SSSR count). The lowest BCUT2D eigenvalue weighted by Crippen LogP contribution is -2.45. The summed E-state index contributed by atoms with van der Waals surface area (Å²) in [5, 5.41) is 15.3. The van der Waals surface area contributed by atoms with Crippen LogP contribution in [0.3, 0.4) is 0 Å². The van der Waals surface area contributed by atoms with Crippen LogP contribution >= 0.6 is 0 Å². The first-order valence-electron chi connectivity index (χ1n) is 9.45. The van der Waals surface area contributed by atoms with Crippen LogP contribution in [0.15, 0.2) is 24.5 Å². The Kier molecular flexibility index (Phi) is 4.72. The number of carbonyl (C=O) groups excluding carboxylic acids is 1. The SMILES string of the molecule is Cc1nnccc1C(=O)NC[C@@H]1CCCN(C2CC2)[C@H]1c1ccnn1C. The lowest BCUT2D eigenvalue weighted by Gasteiger charge is -2.41. The van der Waals surface area contributed by atoms with Crippen molar-refractivity contribution < 1.29 is 4.79 Å². The van der Waals surface area contributed by atoms with Gasteiger partial charge in [0.2, 0.25) is 0 Å². The Hall–Kier alpha value is -2.28. The summed E-state index contributed by atoms with van der Waals surface area (Å²) >= 11 is 0. The van der Waals surface area contributed by atoms with Gasteiger partial charge in [0.15, 0.2) is 0 Å². The van der Waals surface area contributed by atoms with Crippen LogP contribution in [0.1, 0.15) is 53.5 Å². The molecule has 0 radical (unpaired) electrons.